The third kappa shape index (κ3) is 5.17. The second-order valence-electron chi connectivity index (χ2n) is 10.4. The van der Waals surface area contributed by atoms with Gasteiger partial charge < -0.3 is 0 Å². The first-order chi connectivity index (χ1) is 15.5. The van der Waals surface area contributed by atoms with E-state index in [4.69, 9.17) is 0 Å². The lowest BCUT2D eigenvalue weighted by atomic mass is 9.73. The molecule has 0 saturated heterocycles. The van der Waals surface area contributed by atoms with Crippen molar-refractivity contribution in [3.8, 4) is 0 Å². The molecule has 0 amide bonds. The van der Waals surface area contributed by atoms with Crippen LogP contribution < -0.4 is 0 Å². The Kier molecular flexibility index (Phi) is 7.19. The molecule has 168 valence electrons. The largest absolute Gasteiger partial charge is 0.0998 e. The normalized spacial score (nSPS) is 23.5. The monoisotopic (exact) mass is 424 g/mol. The number of aryl methyl sites for hydroxylation is 2. The molecule has 2 unspecified atom stereocenters. The van der Waals surface area contributed by atoms with Crippen LogP contribution in [0.2, 0.25) is 0 Å². The molecule has 0 bridgehead atoms. The number of fused-ring (bicyclic) bond motifs is 1. The average molecular weight is 425 g/mol. The van der Waals surface area contributed by atoms with E-state index in [0.717, 1.165) is 32.1 Å². The van der Waals surface area contributed by atoms with E-state index in [-0.39, 0.29) is 0 Å². The van der Waals surface area contributed by atoms with E-state index in [2.05, 4.69) is 75.2 Å². The molecule has 0 aromatic heterocycles. The summed E-state index contributed by atoms with van der Waals surface area (Å²) in [5.74, 6) is 0.602. The molecule has 4 rings (SSSR count). The molecule has 1 spiro atoms. The van der Waals surface area contributed by atoms with E-state index in [0.29, 0.717) is 11.3 Å². The Morgan fingerprint density at radius 3 is 2.47 bits per heavy atom. The van der Waals surface area contributed by atoms with Gasteiger partial charge in [-0.25, -0.2) is 0 Å². The van der Waals surface area contributed by atoms with E-state index < -0.39 is 0 Å². The van der Waals surface area contributed by atoms with Crippen molar-refractivity contribution in [3.05, 3.63) is 102 Å². The fraction of sp³-hybridized carbons (Fsp3) is 0.438. The maximum absolute atomic E-state index is 4.56. The van der Waals surface area contributed by atoms with Gasteiger partial charge in [-0.1, -0.05) is 86.3 Å². The molecule has 0 heterocycles. The molecule has 0 heteroatoms. The standard InChI is InChI=1S/C32H40/c1-5-27-10-6-7-11-28(27)15-14-24(2)22-29-18-21-32(19-16-25(29)3)20-17-26(4)31-13-9-8-12-30(31)23-32/h6-13,29H,2-5,14-23H2,1H3. The van der Waals surface area contributed by atoms with Gasteiger partial charge >= 0.3 is 0 Å². The Balaban J connectivity index is 1.39. The van der Waals surface area contributed by atoms with Gasteiger partial charge in [-0.3, -0.25) is 0 Å². The lowest BCUT2D eigenvalue weighted by Crippen LogP contribution is -2.22. The summed E-state index contributed by atoms with van der Waals surface area (Å²) in [5, 5.41) is 0. The Morgan fingerprint density at radius 2 is 1.66 bits per heavy atom. The van der Waals surface area contributed by atoms with Gasteiger partial charge in [0.1, 0.15) is 0 Å². The molecule has 2 aromatic carbocycles. The van der Waals surface area contributed by atoms with E-state index in [1.165, 1.54) is 77.5 Å². The molecule has 2 aliphatic rings. The number of allylic oxidation sites excluding steroid dienone is 3. The second kappa shape index (κ2) is 10.1. The second-order valence-corrected chi connectivity index (χ2v) is 10.4. The molecular formula is C32H40. The van der Waals surface area contributed by atoms with Crippen LogP contribution in [-0.2, 0) is 19.3 Å². The van der Waals surface area contributed by atoms with Gasteiger partial charge in [-0.05, 0) is 110 Å². The molecule has 1 fully saturated rings. The van der Waals surface area contributed by atoms with Crippen LogP contribution >= 0.6 is 0 Å². The summed E-state index contributed by atoms with van der Waals surface area (Å²) in [7, 11) is 0. The Morgan fingerprint density at radius 1 is 0.938 bits per heavy atom. The molecule has 32 heavy (non-hydrogen) atoms. The summed E-state index contributed by atoms with van der Waals surface area (Å²) < 4.78 is 0. The van der Waals surface area contributed by atoms with E-state index in [1.54, 1.807) is 0 Å². The SMILES string of the molecule is C=C(CCc1ccccc1CC)CC1CCC2(CCC(=C)c3ccccc3C2)CCC1=C. The van der Waals surface area contributed by atoms with Gasteiger partial charge in [0.2, 0.25) is 0 Å². The summed E-state index contributed by atoms with van der Waals surface area (Å²) in [6.45, 7) is 15.7. The highest BCUT2D eigenvalue weighted by Gasteiger charge is 2.36. The summed E-state index contributed by atoms with van der Waals surface area (Å²) in [4.78, 5) is 0. The molecule has 0 N–H and O–H groups in total. The maximum atomic E-state index is 4.56. The number of benzene rings is 2. The van der Waals surface area contributed by atoms with Gasteiger partial charge in [-0.15, -0.1) is 0 Å². The van der Waals surface area contributed by atoms with E-state index in [1.807, 2.05) is 0 Å². The Labute approximate surface area is 196 Å². The summed E-state index contributed by atoms with van der Waals surface area (Å²) in [6.07, 6.45) is 13.1. The van der Waals surface area contributed by atoms with Crippen LogP contribution in [0.4, 0.5) is 0 Å². The van der Waals surface area contributed by atoms with Crippen molar-refractivity contribution in [2.45, 2.75) is 77.6 Å². The minimum atomic E-state index is 0.411. The van der Waals surface area contributed by atoms with Crippen LogP contribution in [0.3, 0.4) is 0 Å². The van der Waals surface area contributed by atoms with Gasteiger partial charge in [0, 0.05) is 0 Å². The Bertz CT molecular complexity index is 991. The van der Waals surface area contributed by atoms with Crippen molar-refractivity contribution in [1.29, 1.82) is 0 Å². The third-order valence-electron chi connectivity index (χ3n) is 8.28. The highest BCUT2D eigenvalue weighted by atomic mass is 14.4. The third-order valence-corrected chi connectivity index (χ3v) is 8.28. The molecule has 0 nitrogen and oxygen atoms in total. The number of rotatable bonds is 6. The zero-order valence-corrected chi connectivity index (χ0v) is 20.1. The quantitative estimate of drug-likeness (QED) is 0.406. The molecule has 0 radical (unpaired) electrons. The van der Waals surface area contributed by atoms with Crippen LogP contribution in [0, 0.1) is 11.3 Å². The summed E-state index contributed by atoms with van der Waals surface area (Å²) in [6, 6.07) is 17.9. The van der Waals surface area contributed by atoms with Crippen molar-refractivity contribution in [2.75, 3.05) is 0 Å². The molecule has 0 aliphatic heterocycles. The molecular weight excluding hydrogens is 384 g/mol. The predicted molar refractivity (Wildman–Crippen MR) is 140 cm³/mol. The van der Waals surface area contributed by atoms with Crippen molar-refractivity contribution in [2.24, 2.45) is 11.3 Å². The first kappa shape index (κ1) is 22.8. The molecule has 2 aromatic rings. The maximum Gasteiger partial charge on any atom is -0.0169 e. The van der Waals surface area contributed by atoms with Gasteiger partial charge in [0.15, 0.2) is 0 Å². The van der Waals surface area contributed by atoms with Crippen LogP contribution in [-0.4, -0.2) is 0 Å². The molecule has 1 saturated carbocycles. The fourth-order valence-electron chi connectivity index (χ4n) is 6.08. The van der Waals surface area contributed by atoms with Crippen LogP contribution in [0.1, 0.15) is 80.5 Å². The lowest BCUT2D eigenvalue weighted by molar-refractivity contribution is 0.223. The predicted octanol–water partition coefficient (Wildman–Crippen LogP) is 8.91. The van der Waals surface area contributed by atoms with Crippen LogP contribution in [0.15, 0.2) is 79.4 Å². The van der Waals surface area contributed by atoms with Crippen molar-refractivity contribution in [3.63, 3.8) is 0 Å². The zero-order valence-electron chi connectivity index (χ0n) is 20.1. The number of hydrogen-bond acceptors (Lipinski definition) is 0. The minimum absolute atomic E-state index is 0.411. The number of hydrogen-bond donors (Lipinski definition) is 0. The lowest BCUT2D eigenvalue weighted by Gasteiger charge is -2.32. The van der Waals surface area contributed by atoms with Gasteiger partial charge in [-0.2, -0.15) is 0 Å². The summed E-state index contributed by atoms with van der Waals surface area (Å²) in [5.41, 5.74) is 10.5. The highest BCUT2D eigenvalue weighted by Crippen LogP contribution is 2.49. The van der Waals surface area contributed by atoms with Gasteiger partial charge in [0.05, 0.1) is 0 Å². The van der Waals surface area contributed by atoms with Crippen LogP contribution in [0.5, 0.6) is 0 Å². The van der Waals surface area contributed by atoms with Gasteiger partial charge in [0.25, 0.3) is 0 Å². The first-order valence-corrected chi connectivity index (χ1v) is 12.7. The average Bonchev–Trinajstić information content (AvgIpc) is 3.05. The fourth-order valence-corrected chi connectivity index (χ4v) is 6.08. The molecule has 2 atom stereocenters. The van der Waals surface area contributed by atoms with Crippen molar-refractivity contribution >= 4 is 5.57 Å². The van der Waals surface area contributed by atoms with Crippen LogP contribution in [0.25, 0.3) is 5.57 Å². The zero-order chi connectivity index (χ0) is 22.6. The van der Waals surface area contributed by atoms with Crippen molar-refractivity contribution in [1.82, 2.24) is 0 Å². The minimum Gasteiger partial charge on any atom is -0.0998 e. The van der Waals surface area contributed by atoms with Crippen molar-refractivity contribution < 1.29 is 0 Å². The van der Waals surface area contributed by atoms with E-state index in [9.17, 15) is 0 Å². The Hall–Kier alpha value is -2.34. The molecule has 2 aliphatic carbocycles. The smallest absolute Gasteiger partial charge is 0.0169 e. The highest BCUT2D eigenvalue weighted by molar-refractivity contribution is 5.67. The first-order valence-electron chi connectivity index (χ1n) is 12.7. The topological polar surface area (TPSA) is 0 Å². The summed E-state index contributed by atoms with van der Waals surface area (Å²) >= 11 is 0. The van der Waals surface area contributed by atoms with E-state index >= 15 is 0 Å².